The largest absolute Gasteiger partial charge is 0.0654 e. The monoisotopic (exact) mass is 359 g/mol. The second-order valence-electron chi connectivity index (χ2n) is 8.71. The predicted octanol–water partition coefficient (Wildman–Crippen LogP) is 9.35. The van der Waals surface area contributed by atoms with Crippen molar-refractivity contribution in [1.29, 1.82) is 0 Å². The van der Waals surface area contributed by atoms with Crippen LogP contribution in [0.15, 0.2) is 16.7 Å². The second-order valence-corrected chi connectivity index (χ2v) is 8.71. The minimum atomic E-state index is 0.561. The van der Waals surface area contributed by atoms with Crippen molar-refractivity contribution in [2.24, 2.45) is 5.92 Å². The minimum Gasteiger partial charge on any atom is -0.0654 e. The summed E-state index contributed by atoms with van der Waals surface area (Å²) in [5, 5.41) is 0. The maximum absolute atomic E-state index is 3.65. The molecule has 0 bridgehead atoms. The number of rotatable bonds is 17. The van der Waals surface area contributed by atoms with Gasteiger partial charge >= 0.3 is 0 Å². The fourth-order valence-electron chi connectivity index (χ4n) is 4.15. The Balaban J connectivity index is 1.78. The van der Waals surface area contributed by atoms with Gasteiger partial charge in [-0.25, -0.2) is 0 Å². The fourth-order valence-corrected chi connectivity index (χ4v) is 4.15. The maximum atomic E-state index is 3.65. The summed E-state index contributed by atoms with van der Waals surface area (Å²) in [6.07, 6.45) is 28.1. The van der Waals surface area contributed by atoms with Crippen LogP contribution >= 0.6 is 0 Å². The van der Waals surface area contributed by atoms with Crippen LogP contribution in [0.4, 0.5) is 0 Å². The molecule has 26 heavy (non-hydrogen) atoms. The van der Waals surface area contributed by atoms with E-state index in [0.29, 0.717) is 5.92 Å². The topological polar surface area (TPSA) is 0 Å². The summed E-state index contributed by atoms with van der Waals surface area (Å²) in [5.74, 6) is 0.561. The van der Waals surface area contributed by atoms with Gasteiger partial charge in [0, 0.05) is 5.92 Å². The molecule has 1 radical (unpaired) electrons. The standard InChI is InChI=1S/C26H47/c1-5-6-7-8-9-10-11-12-13-14-15-16-17-18-19-20-21-26-22-23(2)24(3)25(26)4/h23H,5-21H2,1-4H3. The van der Waals surface area contributed by atoms with E-state index in [4.69, 9.17) is 0 Å². The Morgan fingerprint density at radius 3 is 1.35 bits per heavy atom. The Labute approximate surface area is 165 Å². The van der Waals surface area contributed by atoms with Gasteiger partial charge in [0.2, 0.25) is 0 Å². The highest BCUT2D eigenvalue weighted by Gasteiger charge is 2.16. The molecule has 1 aliphatic carbocycles. The lowest BCUT2D eigenvalue weighted by Gasteiger charge is -2.06. The lowest BCUT2D eigenvalue weighted by Crippen LogP contribution is -1.87. The van der Waals surface area contributed by atoms with E-state index in [9.17, 15) is 0 Å². The quantitative estimate of drug-likeness (QED) is 0.227. The lowest BCUT2D eigenvalue weighted by atomic mass is 10.0. The van der Waals surface area contributed by atoms with Gasteiger partial charge in [-0.05, 0) is 43.9 Å². The predicted molar refractivity (Wildman–Crippen MR) is 118 cm³/mol. The van der Waals surface area contributed by atoms with Crippen LogP contribution < -0.4 is 0 Å². The van der Waals surface area contributed by atoms with Crippen molar-refractivity contribution in [3.8, 4) is 0 Å². The molecule has 1 aliphatic rings. The van der Waals surface area contributed by atoms with Gasteiger partial charge in [-0.2, -0.15) is 0 Å². The van der Waals surface area contributed by atoms with Crippen LogP contribution in [0.2, 0.25) is 0 Å². The van der Waals surface area contributed by atoms with Crippen LogP contribution in [0.3, 0.4) is 0 Å². The van der Waals surface area contributed by atoms with Crippen LogP contribution in [0.5, 0.6) is 0 Å². The molecule has 0 nitrogen and oxygen atoms in total. The molecule has 0 aromatic heterocycles. The van der Waals surface area contributed by atoms with Crippen LogP contribution in [0, 0.1) is 12.0 Å². The highest BCUT2D eigenvalue weighted by Crippen LogP contribution is 2.32. The molecule has 0 saturated heterocycles. The fraction of sp³-hybridized carbons (Fsp3) is 0.846. The molecule has 0 fully saturated rings. The first-order chi connectivity index (χ1) is 12.7. The SMILES string of the molecule is CCCCCCCCCCCCCCCCCCC1=[C]C(C)C(C)=C1C. The molecular formula is C26H47. The van der Waals surface area contributed by atoms with Crippen LogP contribution in [-0.4, -0.2) is 0 Å². The average Bonchev–Trinajstić information content (AvgIpc) is 2.88. The molecule has 0 amide bonds. The number of allylic oxidation sites excluding steroid dienone is 4. The van der Waals surface area contributed by atoms with Crippen molar-refractivity contribution in [3.63, 3.8) is 0 Å². The Morgan fingerprint density at radius 2 is 1.00 bits per heavy atom. The maximum Gasteiger partial charge on any atom is 0.00287 e. The van der Waals surface area contributed by atoms with Gasteiger partial charge in [-0.3, -0.25) is 0 Å². The van der Waals surface area contributed by atoms with E-state index < -0.39 is 0 Å². The van der Waals surface area contributed by atoms with E-state index >= 15 is 0 Å². The zero-order valence-corrected chi connectivity index (χ0v) is 18.6. The molecule has 0 N–H and O–H groups in total. The van der Waals surface area contributed by atoms with Crippen molar-refractivity contribution >= 4 is 0 Å². The van der Waals surface area contributed by atoms with E-state index in [1.807, 2.05) is 0 Å². The summed E-state index contributed by atoms with van der Waals surface area (Å²) in [6, 6.07) is 0. The molecule has 0 heterocycles. The molecule has 1 rings (SSSR count). The highest BCUT2D eigenvalue weighted by molar-refractivity contribution is 5.39. The van der Waals surface area contributed by atoms with Gasteiger partial charge in [-0.15, -0.1) is 0 Å². The van der Waals surface area contributed by atoms with Crippen molar-refractivity contribution in [2.75, 3.05) is 0 Å². The van der Waals surface area contributed by atoms with Crippen LogP contribution in [-0.2, 0) is 0 Å². The van der Waals surface area contributed by atoms with Crippen molar-refractivity contribution in [1.82, 2.24) is 0 Å². The number of hydrogen-bond acceptors (Lipinski definition) is 0. The van der Waals surface area contributed by atoms with Crippen molar-refractivity contribution in [3.05, 3.63) is 22.8 Å². The summed E-state index contributed by atoms with van der Waals surface area (Å²) in [5.41, 5.74) is 4.58. The molecule has 1 unspecified atom stereocenters. The van der Waals surface area contributed by atoms with Crippen molar-refractivity contribution in [2.45, 2.75) is 137 Å². The lowest BCUT2D eigenvalue weighted by molar-refractivity contribution is 0.529. The first kappa shape index (κ1) is 23.5. The third kappa shape index (κ3) is 10.6. The van der Waals surface area contributed by atoms with Gasteiger partial charge in [-0.1, -0.05) is 116 Å². The zero-order valence-electron chi connectivity index (χ0n) is 18.6. The molecule has 151 valence electrons. The number of hydrogen-bond donors (Lipinski definition) is 0. The molecule has 0 spiro atoms. The Morgan fingerprint density at radius 1 is 0.615 bits per heavy atom. The molecule has 0 aromatic carbocycles. The number of unbranched alkanes of at least 4 members (excludes halogenated alkanes) is 15. The summed E-state index contributed by atoms with van der Waals surface area (Å²) in [7, 11) is 0. The van der Waals surface area contributed by atoms with Gasteiger partial charge in [0.1, 0.15) is 0 Å². The first-order valence-corrected chi connectivity index (χ1v) is 12.0. The zero-order chi connectivity index (χ0) is 19.0. The second kappa shape index (κ2) is 15.5. The van der Waals surface area contributed by atoms with Crippen LogP contribution in [0.25, 0.3) is 0 Å². The van der Waals surface area contributed by atoms with E-state index in [1.165, 1.54) is 126 Å². The van der Waals surface area contributed by atoms with Gasteiger partial charge in [0.25, 0.3) is 0 Å². The van der Waals surface area contributed by atoms with Crippen LogP contribution in [0.1, 0.15) is 137 Å². The van der Waals surface area contributed by atoms with E-state index in [2.05, 4.69) is 33.8 Å². The molecule has 0 saturated carbocycles. The molecular weight excluding hydrogens is 312 g/mol. The minimum absolute atomic E-state index is 0.561. The Bertz CT molecular complexity index is 398. The molecule has 0 aromatic rings. The normalized spacial score (nSPS) is 17.2. The molecule has 0 heteroatoms. The third-order valence-corrected chi connectivity index (χ3v) is 6.36. The Kier molecular flexibility index (Phi) is 14.0. The Hall–Kier alpha value is -0.520. The third-order valence-electron chi connectivity index (χ3n) is 6.36. The molecule has 1 atom stereocenters. The van der Waals surface area contributed by atoms with Gasteiger partial charge < -0.3 is 0 Å². The van der Waals surface area contributed by atoms with E-state index in [0.717, 1.165) is 0 Å². The average molecular weight is 360 g/mol. The summed E-state index contributed by atoms with van der Waals surface area (Å²) in [4.78, 5) is 0. The first-order valence-electron chi connectivity index (χ1n) is 12.0. The summed E-state index contributed by atoms with van der Waals surface area (Å²) in [6.45, 7) is 9.13. The van der Waals surface area contributed by atoms with E-state index in [1.54, 1.807) is 0 Å². The van der Waals surface area contributed by atoms with Gasteiger partial charge in [0.05, 0.1) is 0 Å². The van der Waals surface area contributed by atoms with Crippen molar-refractivity contribution < 1.29 is 0 Å². The van der Waals surface area contributed by atoms with Gasteiger partial charge in [0.15, 0.2) is 0 Å². The highest BCUT2D eigenvalue weighted by atomic mass is 14.2. The molecule has 0 aliphatic heterocycles. The smallest absolute Gasteiger partial charge is 0.00287 e. The van der Waals surface area contributed by atoms with E-state index in [-0.39, 0.29) is 0 Å². The summed E-state index contributed by atoms with van der Waals surface area (Å²) >= 11 is 0. The summed E-state index contributed by atoms with van der Waals surface area (Å²) < 4.78 is 0.